The summed E-state index contributed by atoms with van der Waals surface area (Å²) in [6.07, 6.45) is -1.05. The van der Waals surface area contributed by atoms with Gasteiger partial charge in [-0.1, -0.05) is 81.4 Å². The lowest BCUT2D eigenvalue weighted by Gasteiger charge is -2.43. The van der Waals surface area contributed by atoms with Gasteiger partial charge in [-0.15, -0.1) is 0 Å². The Bertz CT molecular complexity index is 710. The van der Waals surface area contributed by atoms with Crippen LogP contribution in [-0.4, -0.2) is 59.1 Å². The molecule has 6 nitrogen and oxygen atoms in total. The van der Waals surface area contributed by atoms with E-state index in [1.54, 1.807) is 0 Å². The number of hydrogen-bond donors (Lipinski definition) is 2. The molecular formula is C23H33NO5Si. The van der Waals surface area contributed by atoms with Gasteiger partial charge in [0.15, 0.2) is 0 Å². The first-order valence-electron chi connectivity index (χ1n) is 10.3. The highest BCUT2D eigenvalue weighted by Gasteiger charge is 2.49. The fraction of sp³-hybridized carbons (Fsp3) is 0.435. The fourth-order valence-corrected chi connectivity index (χ4v) is 8.11. The standard InChI is InChI=1S/C23H33NO5Si/c1-23(2,3)30(20-10-6-4-7-11-20,21-12-8-5-9-13-21)29-19-18-28-17-16-27-15-14-24-22(25)26/h4-13,24H,14-19H2,1-3H3,(H,25,26). The van der Waals surface area contributed by atoms with Crippen LogP contribution < -0.4 is 15.7 Å². The Labute approximate surface area is 180 Å². The molecule has 0 bridgehead atoms. The van der Waals surface area contributed by atoms with Gasteiger partial charge in [0.1, 0.15) is 0 Å². The maximum Gasteiger partial charge on any atom is 0.404 e. The first kappa shape index (κ1) is 24.1. The molecule has 0 aliphatic carbocycles. The topological polar surface area (TPSA) is 77.0 Å². The molecule has 0 saturated carbocycles. The smallest absolute Gasteiger partial charge is 0.404 e. The van der Waals surface area contributed by atoms with E-state index in [0.29, 0.717) is 33.0 Å². The molecule has 164 valence electrons. The van der Waals surface area contributed by atoms with E-state index >= 15 is 0 Å². The SMILES string of the molecule is CC(C)(C)[Si](OCCOCCOCCNC(=O)O)(c1ccccc1)c1ccccc1. The van der Waals surface area contributed by atoms with Crippen LogP contribution >= 0.6 is 0 Å². The second-order valence-electron chi connectivity index (χ2n) is 7.97. The Balaban J connectivity index is 1.96. The van der Waals surface area contributed by atoms with Crippen molar-refractivity contribution in [3.63, 3.8) is 0 Å². The minimum absolute atomic E-state index is 0.0596. The van der Waals surface area contributed by atoms with Gasteiger partial charge in [0.05, 0.1) is 33.0 Å². The average Bonchev–Trinajstić information content (AvgIpc) is 2.72. The zero-order chi connectivity index (χ0) is 21.9. The van der Waals surface area contributed by atoms with E-state index in [1.807, 2.05) is 12.1 Å². The molecule has 0 spiro atoms. The van der Waals surface area contributed by atoms with Gasteiger partial charge in [-0.25, -0.2) is 4.79 Å². The van der Waals surface area contributed by atoms with Gasteiger partial charge in [-0.05, 0) is 15.4 Å². The third-order valence-electron chi connectivity index (χ3n) is 4.86. The summed E-state index contributed by atoms with van der Waals surface area (Å²) in [7, 11) is -2.52. The first-order valence-corrected chi connectivity index (χ1v) is 12.2. The van der Waals surface area contributed by atoms with Gasteiger partial charge in [0, 0.05) is 6.54 Å². The monoisotopic (exact) mass is 431 g/mol. The summed E-state index contributed by atoms with van der Waals surface area (Å²) in [5, 5.41) is 13.2. The normalized spacial score (nSPS) is 12.0. The molecule has 0 atom stereocenters. The Morgan fingerprint density at radius 2 is 1.30 bits per heavy atom. The van der Waals surface area contributed by atoms with Crippen LogP contribution in [-0.2, 0) is 13.9 Å². The van der Waals surface area contributed by atoms with Crippen LogP contribution in [0, 0.1) is 0 Å². The minimum atomic E-state index is -2.52. The molecule has 0 radical (unpaired) electrons. The lowest BCUT2D eigenvalue weighted by atomic mass is 10.2. The molecule has 2 aromatic rings. The van der Waals surface area contributed by atoms with Crippen LogP contribution in [0.3, 0.4) is 0 Å². The fourth-order valence-electron chi connectivity index (χ4n) is 3.57. The molecule has 0 fully saturated rings. The Morgan fingerprint density at radius 1 is 0.833 bits per heavy atom. The van der Waals surface area contributed by atoms with E-state index in [-0.39, 0.29) is 11.6 Å². The highest BCUT2D eigenvalue weighted by Crippen LogP contribution is 2.36. The molecule has 7 heteroatoms. The van der Waals surface area contributed by atoms with E-state index in [1.165, 1.54) is 10.4 Å². The molecule has 1 amide bonds. The molecule has 0 heterocycles. The summed E-state index contributed by atoms with van der Waals surface area (Å²) >= 11 is 0. The highest BCUT2D eigenvalue weighted by atomic mass is 28.4. The zero-order valence-corrected chi connectivity index (χ0v) is 19.1. The van der Waals surface area contributed by atoms with Crippen LogP contribution in [0.2, 0.25) is 5.04 Å². The average molecular weight is 432 g/mol. The van der Waals surface area contributed by atoms with Gasteiger partial charge >= 0.3 is 6.09 Å². The number of rotatable bonds is 12. The quantitative estimate of drug-likeness (QED) is 0.399. The van der Waals surface area contributed by atoms with Gasteiger partial charge in [0.2, 0.25) is 0 Å². The second kappa shape index (κ2) is 11.9. The summed E-state index contributed by atoms with van der Waals surface area (Å²) in [6.45, 7) is 9.17. The van der Waals surface area contributed by atoms with Crippen LogP contribution in [0.4, 0.5) is 4.79 Å². The van der Waals surface area contributed by atoms with Crippen LogP contribution in [0.5, 0.6) is 0 Å². The van der Waals surface area contributed by atoms with Crippen LogP contribution in [0.25, 0.3) is 0 Å². The molecular weight excluding hydrogens is 398 g/mol. The predicted molar refractivity (Wildman–Crippen MR) is 121 cm³/mol. The predicted octanol–water partition coefficient (Wildman–Crippen LogP) is 2.86. The third-order valence-corrected chi connectivity index (χ3v) is 9.90. The number of ether oxygens (including phenoxy) is 2. The van der Waals surface area contributed by atoms with E-state index in [9.17, 15) is 4.79 Å². The van der Waals surface area contributed by atoms with Crippen molar-refractivity contribution in [3.05, 3.63) is 60.7 Å². The number of amides is 1. The first-order chi connectivity index (χ1) is 14.4. The van der Waals surface area contributed by atoms with Crippen molar-refractivity contribution >= 4 is 24.8 Å². The number of carbonyl (C=O) groups is 1. The Morgan fingerprint density at radius 3 is 1.77 bits per heavy atom. The van der Waals surface area contributed by atoms with Crippen LogP contribution in [0.1, 0.15) is 20.8 Å². The highest BCUT2D eigenvalue weighted by molar-refractivity contribution is 6.99. The Hall–Kier alpha value is -2.19. The van der Waals surface area contributed by atoms with E-state index in [0.717, 1.165) is 0 Å². The van der Waals surface area contributed by atoms with Crippen molar-refractivity contribution in [1.82, 2.24) is 5.32 Å². The molecule has 0 aliphatic rings. The van der Waals surface area contributed by atoms with Gasteiger partial charge < -0.3 is 24.3 Å². The zero-order valence-electron chi connectivity index (χ0n) is 18.1. The number of hydrogen-bond acceptors (Lipinski definition) is 4. The lowest BCUT2D eigenvalue weighted by Crippen LogP contribution is -2.66. The molecule has 0 saturated heterocycles. The van der Waals surface area contributed by atoms with Gasteiger partial charge in [0.25, 0.3) is 8.32 Å². The summed E-state index contributed by atoms with van der Waals surface area (Å²) < 4.78 is 17.8. The third kappa shape index (κ3) is 6.67. The van der Waals surface area contributed by atoms with E-state index in [4.69, 9.17) is 19.0 Å². The second-order valence-corrected chi connectivity index (χ2v) is 12.3. The summed E-state index contributed by atoms with van der Waals surface area (Å²) in [5.74, 6) is 0. The molecule has 2 rings (SSSR count). The lowest BCUT2D eigenvalue weighted by molar-refractivity contribution is 0.0361. The molecule has 2 aromatic carbocycles. The molecule has 0 aliphatic heterocycles. The molecule has 30 heavy (non-hydrogen) atoms. The maximum atomic E-state index is 10.4. The number of nitrogens with one attached hydrogen (secondary N) is 1. The van der Waals surface area contributed by atoms with Crippen molar-refractivity contribution in [3.8, 4) is 0 Å². The van der Waals surface area contributed by atoms with Crippen molar-refractivity contribution in [2.24, 2.45) is 0 Å². The van der Waals surface area contributed by atoms with Gasteiger partial charge in [-0.2, -0.15) is 0 Å². The van der Waals surface area contributed by atoms with Crippen molar-refractivity contribution in [1.29, 1.82) is 0 Å². The Kier molecular flexibility index (Phi) is 9.52. The largest absolute Gasteiger partial charge is 0.465 e. The summed E-state index contributed by atoms with van der Waals surface area (Å²) in [5.41, 5.74) is 0. The van der Waals surface area contributed by atoms with Crippen molar-refractivity contribution < 1.29 is 23.8 Å². The molecule has 0 aromatic heterocycles. The maximum absolute atomic E-state index is 10.4. The van der Waals surface area contributed by atoms with Crippen molar-refractivity contribution in [2.45, 2.75) is 25.8 Å². The van der Waals surface area contributed by atoms with Crippen LogP contribution in [0.15, 0.2) is 60.7 Å². The summed E-state index contributed by atoms with van der Waals surface area (Å²) in [6, 6.07) is 21.0. The minimum Gasteiger partial charge on any atom is -0.465 e. The number of carboxylic acid groups (broad SMARTS) is 1. The molecule has 2 N–H and O–H groups in total. The number of benzene rings is 2. The molecule has 0 unspecified atom stereocenters. The van der Waals surface area contributed by atoms with E-state index < -0.39 is 14.4 Å². The summed E-state index contributed by atoms with van der Waals surface area (Å²) in [4.78, 5) is 10.4. The van der Waals surface area contributed by atoms with Gasteiger partial charge in [-0.3, -0.25) is 0 Å². The van der Waals surface area contributed by atoms with Crippen molar-refractivity contribution in [2.75, 3.05) is 39.6 Å². The van der Waals surface area contributed by atoms with E-state index in [2.05, 4.69) is 74.6 Å².